The number of fused-ring (bicyclic) bond motifs is 1. The summed E-state index contributed by atoms with van der Waals surface area (Å²) < 4.78 is 0. The summed E-state index contributed by atoms with van der Waals surface area (Å²) >= 11 is 0. The lowest BCUT2D eigenvalue weighted by Gasteiger charge is -2.06. The van der Waals surface area contributed by atoms with Crippen LogP contribution in [0.1, 0.15) is 27.9 Å². The van der Waals surface area contributed by atoms with Crippen molar-refractivity contribution in [3.63, 3.8) is 0 Å². The predicted octanol–water partition coefficient (Wildman–Crippen LogP) is 0.156. The molecule has 1 aliphatic rings. The molecule has 2 amide bonds. The first kappa shape index (κ1) is 12.6. The van der Waals surface area contributed by atoms with Crippen LogP contribution in [-0.4, -0.2) is 25.4 Å². The fraction of sp³-hybridized carbons (Fsp3) is 0.385. The first-order valence-corrected chi connectivity index (χ1v) is 6.02. The fourth-order valence-corrected chi connectivity index (χ4v) is 1.95. The minimum atomic E-state index is -0.131. The van der Waals surface area contributed by atoms with E-state index in [4.69, 9.17) is 0 Å². The third-order valence-corrected chi connectivity index (χ3v) is 3.02. The molecule has 0 spiro atoms. The summed E-state index contributed by atoms with van der Waals surface area (Å²) in [5.41, 5.74) is 3.07. The smallest absolute Gasteiger partial charge is 0.251 e. The highest BCUT2D eigenvalue weighted by atomic mass is 16.2. The minimum absolute atomic E-state index is 0.0755. The Kier molecular flexibility index (Phi) is 3.94. The van der Waals surface area contributed by atoms with Gasteiger partial charge in [0.05, 0.1) is 0 Å². The van der Waals surface area contributed by atoms with Crippen molar-refractivity contribution < 1.29 is 9.59 Å². The van der Waals surface area contributed by atoms with Crippen LogP contribution >= 0.6 is 0 Å². The number of hydrogen-bond acceptors (Lipinski definition) is 3. The normalized spacial score (nSPS) is 12.9. The Morgan fingerprint density at radius 1 is 1.28 bits per heavy atom. The van der Waals surface area contributed by atoms with E-state index in [1.54, 1.807) is 7.05 Å². The summed E-state index contributed by atoms with van der Waals surface area (Å²) in [6, 6.07) is 5.70. The SMILES string of the molecule is CNC(=O)CCNC(=O)c1ccc2c(c1)CNC2. The van der Waals surface area contributed by atoms with Gasteiger partial charge < -0.3 is 16.0 Å². The Balaban J connectivity index is 1.91. The summed E-state index contributed by atoms with van der Waals surface area (Å²) in [6.45, 7) is 2.04. The largest absolute Gasteiger partial charge is 0.359 e. The van der Waals surface area contributed by atoms with Crippen molar-refractivity contribution in [2.75, 3.05) is 13.6 Å². The Morgan fingerprint density at radius 3 is 2.83 bits per heavy atom. The van der Waals surface area contributed by atoms with Crippen molar-refractivity contribution in [1.29, 1.82) is 0 Å². The quantitative estimate of drug-likeness (QED) is 0.709. The summed E-state index contributed by atoms with van der Waals surface area (Å²) in [5.74, 6) is -0.206. The molecule has 0 saturated carbocycles. The van der Waals surface area contributed by atoms with Crippen molar-refractivity contribution in [3.8, 4) is 0 Å². The van der Waals surface area contributed by atoms with Gasteiger partial charge in [-0.25, -0.2) is 0 Å². The minimum Gasteiger partial charge on any atom is -0.359 e. The molecule has 96 valence electrons. The lowest BCUT2D eigenvalue weighted by Crippen LogP contribution is -2.29. The zero-order valence-electron chi connectivity index (χ0n) is 10.4. The molecule has 0 saturated heterocycles. The first-order valence-electron chi connectivity index (χ1n) is 6.02. The molecule has 2 rings (SSSR count). The summed E-state index contributed by atoms with van der Waals surface area (Å²) in [6.07, 6.45) is 0.300. The molecule has 0 unspecified atom stereocenters. The van der Waals surface area contributed by atoms with E-state index in [2.05, 4.69) is 16.0 Å². The van der Waals surface area contributed by atoms with Crippen LogP contribution in [0.3, 0.4) is 0 Å². The van der Waals surface area contributed by atoms with Gasteiger partial charge in [0.1, 0.15) is 0 Å². The van der Waals surface area contributed by atoms with E-state index in [1.165, 1.54) is 11.1 Å². The molecule has 0 radical (unpaired) electrons. The molecule has 0 atom stereocenters. The van der Waals surface area contributed by atoms with Crippen molar-refractivity contribution in [3.05, 3.63) is 34.9 Å². The number of carbonyl (C=O) groups excluding carboxylic acids is 2. The zero-order valence-corrected chi connectivity index (χ0v) is 10.4. The maximum absolute atomic E-state index is 11.9. The highest BCUT2D eigenvalue weighted by Crippen LogP contribution is 2.16. The second-order valence-corrected chi connectivity index (χ2v) is 4.27. The van der Waals surface area contributed by atoms with Gasteiger partial charge in [-0.3, -0.25) is 9.59 Å². The molecule has 5 heteroatoms. The van der Waals surface area contributed by atoms with Gasteiger partial charge in [-0.15, -0.1) is 0 Å². The van der Waals surface area contributed by atoms with Crippen molar-refractivity contribution in [2.24, 2.45) is 0 Å². The standard InChI is InChI=1S/C13H17N3O2/c1-14-12(17)4-5-16-13(18)9-2-3-10-7-15-8-11(10)6-9/h2-3,6,15H,4-5,7-8H2,1H3,(H,14,17)(H,16,18). The third kappa shape index (κ3) is 2.87. The Morgan fingerprint density at radius 2 is 2.06 bits per heavy atom. The Bertz CT molecular complexity index is 471. The van der Waals surface area contributed by atoms with Crippen LogP contribution in [0.25, 0.3) is 0 Å². The molecular formula is C13H17N3O2. The van der Waals surface area contributed by atoms with Gasteiger partial charge in [-0.1, -0.05) is 6.07 Å². The number of hydrogen-bond donors (Lipinski definition) is 3. The number of carbonyl (C=O) groups is 2. The molecule has 0 aliphatic carbocycles. The Labute approximate surface area is 106 Å². The van der Waals surface area contributed by atoms with Gasteiger partial charge >= 0.3 is 0 Å². The summed E-state index contributed by atoms with van der Waals surface area (Å²) in [5, 5.41) is 8.48. The van der Waals surface area contributed by atoms with Crippen LogP contribution in [0, 0.1) is 0 Å². The van der Waals surface area contributed by atoms with Gasteiger partial charge in [-0.05, 0) is 23.3 Å². The van der Waals surface area contributed by atoms with E-state index in [0.717, 1.165) is 13.1 Å². The molecule has 0 aromatic heterocycles. The highest BCUT2D eigenvalue weighted by Gasteiger charge is 2.13. The average Bonchev–Trinajstić information content (AvgIpc) is 2.85. The maximum atomic E-state index is 11.9. The van der Waals surface area contributed by atoms with E-state index in [0.29, 0.717) is 18.5 Å². The lowest BCUT2D eigenvalue weighted by atomic mass is 10.1. The van der Waals surface area contributed by atoms with Gasteiger partial charge in [0, 0.05) is 38.7 Å². The molecule has 1 aromatic rings. The molecule has 1 heterocycles. The Hall–Kier alpha value is -1.88. The maximum Gasteiger partial charge on any atom is 0.251 e. The van der Waals surface area contributed by atoms with Crippen LogP contribution in [0.15, 0.2) is 18.2 Å². The van der Waals surface area contributed by atoms with Crippen molar-refractivity contribution in [1.82, 2.24) is 16.0 Å². The van der Waals surface area contributed by atoms with E-state index in [-0.39, 0.29) is 11.8 Å². The molecule has 5 nitrogen and oxygen atoms in total. The van der Waals surface area contributed by atoms with Crippen LogP contribution < -0.4 is 16.0 Å². The van der Waals surface area contributed by atoms with E-state index in [9.17, 15) is 9.59 Å². The van der Waals surface area contributed by atoms with E-state index >= 15 is 0 Å². The van der Waals surface area contributed by atoms with Gasteiger partial charge in [0.15, 0.2) is 0 Å². The predicted molar refractivity (Wildman–Crippen MR) is 68.0 cm³/mol. The number of benzene rings is 1. The number of nitrogens with one attached hydrogen (secondary N) is 3. The van der Waals surface area contributed by atoms with Gasteiger partial charge in [0.25, 0.3) is 5.91 Å². The molecule has 1 aliphatic heterocycles. The summed E-state index contributed by atoms with van der Waals surface area (Å²) in [7, 11) is 1.58. The molecule has 18 heavy (non-hydrogen) atoms. The van der Waals surface area contributed by atoms with Crippen LogP contribution in [-0.2, 0) is 17.9 Å². The number of rotatable bonds is 4. The van der Waals surface area contributed by atoms with Gasteiger partial charge in [0.2, 0.25) is 5.91 Å². The average molecular weight is 247 g/mol. The third-order valence-electron chi connectivity index (χ3n) is 3.02. The van der Waals surface area contributed by atoms with Crippen molar-refractivity contribution >= 4 is 11.8 Å². The molecule has 1 aromatic carbocycles. The zero-order chi connectivity index (χ0) is 13.0. The molecule has 0 bridgehead atoms. The first-order chi connectivity index (χ1) is 8.70. The molecule has 0 fully saturated rings. The second kappa shape index (κ2) is 5.64. The topological polar surface area (TPSA) is 70.2 Å². The van der Waals surface area contributed by atoms with E-state index in [1.807, 2.05) is 18.2 Å². The number of amides is 2. The van der Waals surface area contributed by atoms with Crippen LogP contribution in [0.5, 0.6) is 0 Å². The van der Waals surface area contributed by atoms with Crippen LogP contribution in [0.2, 0.25) is 0 Å². The highest BCUT2D eigenvalue weighted by molar-refractivity contribution is 5.94. The van der Waals surface area contributed by atoms with Gasteiger partial charge in [-0.2, -0.15) is 0 Å². The summed E-state index contributed by atoms with van der Waals surface area (Å²) in [4.78, 5) is 22.9. The van der Waals surface area contributed by atoms with Crippen LogP contribution in [0.4, 0.5) is 0 Å². The second-order valence-electron chi connectivity index (χ2n) is 4.27. The molecule has 3 N–H and O–H groups in total. The lowest BCUT2D eigenvalue weighted by molar-refractivity contribution is -0.120. The fourth-order valence-electron chi connectivity index (χ4n) is 1.95. The molecular weight excluding hydrogens is 230 g/mol. The van der Waals surface area contributed by atoms with Crippen molar-refractivity contribution in [2.45, 2.75) is 19.5 Å². The van der Waals surface area contributed by atoms with E-state index < -0.39 is 0 Å². The monoisotopic (exact) mass is 247 g/mol.